The molecular formula is C13H13N5. The first-order valence-electron chi connectivity index (χ1n) is 5.55. The topological polar surface area (TPSA) is 74.5 Å². The van der Waals surface area contributed by atoms with Crippen molar-refractivity contribution in [1.29, 1.82) is 5.26 Å². The molecule has 0 radical (unpaired) electrons. The van der Waals surface area contributed by atoms with Gasteiger partial charge in [-0.05, 0) is 38.5 Å². The van der Waals surface area contributed by atoms with Gasteiger partial charge in [-0.25, -0.2) is 0 Å². The molecule has 2 aromatic rings. The average Bonchev–Trinajstić information content (AvgIpc) is 2.37. The average molecular weight is 239 g/mol. The number of hydrogen-bond acceptors (Lipinski definition) is 5. The summed E-state index contributed by atoms with van der Waals surface area (Å²) in [5.41, 5.74) is 3.85. The predicted molar refractivity (Wildman–Crippen MR) is 68.5 cm³/mol. The number of hydrogen-bond donors (Lipinski definition) is 1. The van der Waals surface area contributed by atoms with Crippen LogP contribution in [0.3, 0.4) is 0 Å². The first kappa shape index (κ1) is 12.0. The SMILES string of the molecule is Cc1ccc(Nc2nnc(C)c(C)c2C#N)cn1. The Morgan fingerprint density at radius 1 is 1.17 bits per heavy atom. The van der Waals surface area contributed by atoms with Gasteiger partial charge in [0.2, 0.25) is 0 Å². The van der Waals surface area contributed by atoms with E-state index in [9.17, 15) is 5.26 Å². The third-order valence-electron chi connectivity index (χ3n) is 2.74. The standard InChI is InChI=1S/C13H13N5/c1-8-4-5-11(7-15-8)16-13-12(6-14)9(2)10(3)17-18-13/h4-5,7H,1-3H3,(H,16,18). The largest absolute Gasteiger partial charge is 0.336 e. The van der Waals surface area contributed by atoms with Gasteiger partial charge in [0.1, 0.15) is 11.6 Å². The fraction of sp³-hybridized carbons (Fsp3) is 0.231. The predicted octanol–water partition coefficient (Wildman–Crippen LogP) is 2.41. The lowest BCUT2D eigenvalue weighted by Gasteiger charge is -2.09. The van der Waals surface area contributed by atoms with Crippen LogP contribution in [0.5, 0.6) is 0 Å². The Labute approximate surface area is 106 Å². The first-order chi connectivity index (χ1) is 8.61. The van der Waals surface area contributed by atoms with Crippen LogP contribution in [0.2, 0.25) is 0 Å². The van der Waals surface area contributed by atoms with Crippen molar-refractivity contribution in [1.82, 2.24) is 15.2 Å². The van der Waals surface area contributed by atoms with Crippen molar-refractivity contribution in [3.8, 4) is 6.07 Å². The van der Waals surface area contributed by atoms with Crippen LogP contribution in [0.25, 0.3) is 0 Å². The molecule has 0 aliphatic rings. The van der Waals surface area contributed by atoms with E-state index in [0.717, 1.165) is 22.6 Å². The molecule has 0 unspecified atom stereocenters. The highest BCUT2D eigenvalue weighted by Gasteiger charge is 2.10. The van der Waals surface area contributed by atoms with Crippen LogP contribution in [-0.2, 0) is 0 Å². The van der Waals surface area contributed by atoms with Crippen molar-refractivity contribution < 1.29 is 0 Å². The second-order valence-corrected chi connectivity index (χ2v) is 4.06. The number of pyridine rings is 1. The minimum Gasteiger partial charge on any atom is -0.336 e. The maximum absolute atomic E-state index is 9.17. The van der Waals surface area contributed by atoms with E-state index < -0.39 is 0 Å². The summed E-state index contributed by atoms with van der Waals surface area (Å²) >= 11 is 0. The summed E-state index contributed by atoms with van der Waals surface area (Å²) in [6.07, 6.45) is 1.70. The number of nitriles is 1. The minimum atomic E-state index is 0.464. The number of nitrogens with one attached hydrogen (secondary N) is 1. The lowest BCUT2D eigenvalue weighted by atomic mass is 10.1. The number of anilines is 2. The van der Waals surface area contributed by atoms with E-state index in [1.807, 2.05) is 32.9 Å². The van der Waals surface area contributed by atoms with Crippen LogP contribution >= 0.6 is 0 Å². The summed E-state index contributed by atoms with van der Waals surface area (Å²) < 4.78 is 0. The van der Waals surface area contributed by atoms with Crippen molar-refractivity contribution in [2.24, 2.45) is 0 Å². The van der Waals surface area contributed by atoms with Crippen LogP contribution in [0.15, 0.2) is 18.3 Å². The molecule has 0 aliphatic carbocycles. The number of aryl methyl sites for hydroxylation is 2. The Hall–Kier alpha value is -2.48. The molecule has 90 valence electrons. The van der Waals surface area contributed by atoms with Crippen LogP contribution in [0.1, 0.15) is 22.5 Å². The van der Waals surface area contributed by atoms with Crippen LogP contribution < -0.4 is 5.32 Å². The van der Waals surface area contributed by atoms with Crippen LogP contribution in [0.4, 0.5) is 11.5 Å². The van der Waals surface area contributed by atoms with Gasteiger partial charge in [-0.2, -0.15) is 10.4 Å². The van der Waals surface area contributed by atoms with E-state index in [1.165, 1.54) is 0 Å². The van der Waals surface area contributed by atoms with Gasteiger partial charge in [0.05, 0.1) is 17.6 Å². The van der Waals surface area contributed by atoms with Gasteiger partial charge >= 0.3 is 0 Å². The van der Waals surface area contributed by atoms with E-state index in [4.69, 9.17) is 0 Å². The van der Waals surface area contributed by atoms with E-state index in [-0.39, 0.29) is 0 Å². The van der Waals surface area contributed by atoms with Crippen molar-refractivity contribution >= 4 is 11.5 Å². The van der Waals surface area contributed by atoms with Crippen molar-refractivity contribution in [2.45, 2.75) is 20.8 Å². The van der Waals surface area contributed by atoms with Crippen LogP contribution in [-0.4, -0.2) is 15.2 Å². The number of nitrogens with zero attached hydrogens (tertiary/aromatic N) is 4. The molecule has 5 nitrogen and oxygen atoms in total. The molecule has 0 bridgehead atoms. The molecule has 0 fully saturated rings. The van der Waals surface area contributed by atoms with Gasteiger partial charge in [0.25, 0.3) is 0 Å². The van der Waals surface area contributed by atoms with Gasteiger partial charge in [-0.3, -0.25) is 4.98 Å². The van der Waals surface area contributed by atoms with Gasteiger partial charge < -0.3 is 5.32 Å². The number of rotatable bonds is 2. The first-order valence-corrected chi connectivity index (χ1v) is 5.55. The summed E-state index contributed by atoms with van der Waals surface area (Å²) in [5, 5.41) is 20.3. The zero-order valence-corrected chi connectivity index (χ0v) is 10.5. The quantitative estimate of drug-likeness (QED) is 0.871. The molecule has 0 spiro atoms. The smallest absolute Gasteiger partial charge is 0.171 e. The molecular weight excluding hydrogens is 226 g/mol. The highest BCUT2D eigenvalue weighted by molar-refractivity contribution is 5.63. The molecule has 0 aliphatic heterocycles. The summed E-state index contributed by atoms with van der Waals surface area (Å²) in [6, 6.07) is 5.93. The Balaban J connectivity index is 2.38. The fourth-order valence-electron chi connectivity index (χ4n) is 1.51. The molecule has 0 saturated carbocycles. The van der Waals surface area contributed by atoms with Crippen LogP contribution in [0, 0.1) is 32.1 Å². The number of aromatic nitrogens is 3. The molecule has 5 heteroatoms. The summed E-state index contributed by atoms with van der Waals surface area (Å²) in [4.78, 5) is 4.18. The zero-order valence-electron chi connectivity index (χ0n) is 10.5. The second kappa shape index (κ2) is 4.80. The van der Waals surface area contributed by atoms with E-state index >= 15 is 0 Å². The fourth-order valence-corrected chi connectivity index (χ4v) is 1.51. The van der Waals surface area contributed by atoms with Gasteiger partial charge in [0, 0.05) is 5.69 Å². The van der Waals surface area contributed by atoms with Gasteiger partial charge in [-0.15, -0.1) is 5.10 Å². The lowest BCUT2D eigenvalue weighted by molar-refractivity contribution is 0.960. The Kier molecular flexibility index (Phi) is 3.20. The summed E-state index contributed by atoms with van der Waals surface area (Å²) in [6.45, 7) is 5.61. The molecule has 0 amide bonds. The molecule has 0 aromatic carbocycles. The highest BCUT2D eigenvalue weighted by atomic mass is 15.2. The highest BCUT2D eigenvalue weighted by Crippen LogP contribution is 2.20. The van der Waals surface area contributed by atoms with Crippen molar-refractivity contribution in [3.63, 3.8) is 0 Å². The molecule has 0 saturated heterocycles. The monoisotopic (exact) mass is 239 g/mol. The normalized spacial score (nSPS) is 9.89. The Bertz CT molecular complexity index is 611. The van der Waals surface area contributed by atoms with Crippen molar-refractivity contribution in [3.05, 3.63) is 40.8 Å². The van der Waals surface area contributed by atoms with Gasteiger partial charge in [0.15, 0.2) is 5.82 Å². The van der Waals surface area contributed by atoms with E-state index in [2.05, 4.69) is 26.6 Å². The zero-order chi connectivity index (χ0) is 13.1. The van der Waals surface area contributed by atoms with Crippen molar-refractivity contribution in [2.75, 3.05) is 5.32 Å². The third-order valence-corrected chi connectivity index (χ3v) is 2.74. The molecule has 0 atom stereocenters. The molecule has 2 rings (SSSR count). The third kappa shape index (κ3) is 2.28. The Morgan fingerprint density at radius 3 is 2.56 bits per heavy atom. The molecule has 18 heavy (non-hydrogen) atoms. The lowest BCUT2D eigenvalue weighted by Crippen LogP contribution is -2.03. The second-order valence-electron chi connectivity index (χ2n) is 4.06. The maximum Gasteiger partial charge on any atom is 0.171 e. The molecule has 2 heterocycles. The van der Waals surface area contributed by atoms with E-state index in [1.54, 1.807) is 6.20 Å². The molecule has 2 aromatic heterocycles. The summed E-state index contributed by atoms with van der Waals surface area (Å²) in [5.74, 6) is 0.464. The minimum absolute atomic E-state index is 0.464. The molecule has 1 N–H and O–H groups in total. The summed E-state index contributed by atoms with van der Waals surface area (Å²) in [7, 11) is 0. The van der Waals surface area contributed by atoms with E-state index in [0.29, 0.717) is 11.4 Å². The van der Waals surface area contributed by atoms with Gasteiger partial charge in [-0.1, -0.05) is 0 Å². The maximum atomic E-state index is 9.17. The Morgan fingerprint density at radius 2 is 1.94 bits per heavy atom.